The molecular weight excluding hydrogens is 326 g/mol. The van der Waals surface area contributed by atoms with Crippen molar-refractivity contribution >= 4 is 22.9 Å². The monoisotopic (exact) mass is 351 g/mol. The molecule has 2 aromatic rings. The minimum absolute atomic E-state index is 0.782. The maximum atomic E-state index is 9.10. The number of carboxylic acid groups (broad SMARTS) is 2. The van der Waals surface area contributed by atoms with Gasteiger partial charge in [-0.3, -0.25) is 0 Å². The van der Waals surface area contributed by atoms with Crippen molar-refractivity contribution in [3.05, 3.63) is 36.1 Å². The van der Waals surface area contributed by atoms with Crippen LogP contribution in [0.1, 0.15) is 19.4 Å². The summed E-state index contributed by atoms with van der Waals surface area (Å²) in [4.78, 5) is 20.6. The van der Waals surface area contributed by atoms with Gasteiger partial charge in [-0.15, -0.1) is 0 Å². The zero-order valence-corrected chi connectivity index (χ0v) is 14.6. The van der Waals surface area contributed by atoms with E-state index < -0.39 is 11.9 Å². The zero-order valence-electron chi connectivity index (χ0n) is 14.6. The van der Waals surface area contributed by atoms with E-state index in [0.717, 1.165) is 44.9 Å². The molecule has 0 radical (unpaired) electrons. The number of hydrogen-bond acceptors (Lipinski definition) is 5. The van der Waals surface area contributed by atoms with Gasteiger partial charge >= 0.3 is 11.9 Å². The minimum Gasteiger partial charge on any atom is -0.473 e. The first-order valence-electron chi connectivity index (χ1n) is 8.20. The lowest BCUT2D eigenvalue weighted by atomic mass is 10.1. The Hall–Kier alpha value is -2.38. The first kappa shape index (κ1) is 20.7. The summed E-state index contributed by atoms with van der Waals surface area (Å²) in [5, 5.41) is 15.9. The van der Waals surface area contributed by atoms with Gasteiger partial charge in [0.05, 0.1) is 19.5 Å². The van der Waals surface area contributed by atoms with Gasteiger partial charge < -0.3 is 24.3 Å². The number of likely N-dealkylation sites (N-methyl/N-ethyl adjacent to an activating group) is 1. The summed E-state index contributed by atoms with van der Waals surface area (Å²) < 4.78 is 11.0. The number of fused-ring (bicyclic) bond motifs is 1. The highest BCUT2D eigenvalue weighted by atomic mass is 16.5. The Balaban J connectivity index is 0.000000450. The largest absolute Gasteiger partial charge is 0.473 e. The van der Waals surface area contributed by atoms with Gasteiger partial charge in [0.15, 0.2) is 0 Å². The van der Waals surface area contributed by atoms with Crippen molar-refractivity contribution in [3.8, 4) is 0 Å². The Bertz CT molecular complexity index is 650. The van der Waals surface area contributed by atoms with E-state index in [4.69, 9.17) is 29.0 Å². The molecule has 1 heterocycles. The number of aliphatic carboxylic acids is 2. The van der Waals surface area contributed by atoms with Crippen molar-refractivity contribution in [3.63, 3.8) is 0 Å². The predicted molar refractivity (Wildman–Crippen MR) is 93.8 cm³/mol. The van der Waals surface area contributed by atoms with Crippen LogP contribution in [0.4, 0.5) is 0 Å². The predicted octanol–water partition coefficient (Wildman–Crippen LogP) is 2.49. The molecule has 0 unspecified atom stereocenters. The third kappa shape index (κ3) is 7.82. The molecule has 0 aliphatic heterocycles. The van der Waals surface area contributed by atoms with Gasteiger partial charge in [0.1, 0.15) is 5.58 Å². The van der Waals surface area contributed by atoms with Crippen molar-refractivity contribution < 1.29 is 29.0 Å². The summed E-state index contributed by atoms with van der Waals surface area (Å²) in [6, 6.07) is 8.31. The molecule has 0 saturated carbocycles. The van der Waals surface area contributed by atoms with Crippen molar-refractivity contribution in [2.45, 2.75) is 20.3 Å². The summed E-state index contributed by atoms with van der Waals surface area (Å²) in [6.07, 6.45) is 2.69. The fourth-order valence-electron chi connectivity index (χ4n) is 2.20. The summed E-state index contributed by atoms with van der Waals surface area (Å²) in [7, 11) is 0. The highest BCUT2D eigenvalue weighted by Gasteiger charge is 2.04. The maximum Gasteiger partial charge on any atom is 0.414 e. The Morgan fingerprint density at radius 1 is 1.08 bits per heavy atom. The lowest BCUT2D eigenvalue weighted by Crippen LogP contribution is -2.27. The van der Waals surface area contributed by atoms with Crippen molar-refractivity contribution in [1.29, 1.82) is 0 Å². The molecule has 25 heavy (non-hydrogen) atoms. The average molecular weight is 351 g/mol. The Labute approximate surface area is 146 Å². The average Bonchev–Trinajstić information content (AvgIpc) is 3.06. The first-order valence-corrected chi connectivity index (χ1v) is 8.20. The van der Waals surface area contributed by atoms with E-state index in [1.165, 1.54) is 10.9 Å². The Morgan fingerprint density at radius 2 is 1.76 bits per heavy atom. The molecule has 0 bridgehead atoms. The third-order valence-electron chi connectivity index (χ3n) is 3.68. The number of rotatable bonds is 8. The van der Waals surface area contributed by atoms with Crippen LogP contribution in [0.5, 0.6) is 0 Å². The van der Waals surface area contributed by atoms with Crippen LogP contribution in [-0.4, -0.2) is 59.9 Å². The van der Waals surface area contributed by atoms with Crippen LogP contribution in [0.3, 0.4) is 0 Å². The second kappa shape index (κ2) is 11.2. The Morgan fingerprint density at radius 3 is 2.36 bits per heavy atom. The molecule has 1 aromatic carbocycles. The first-order chi connectivity index (χ1) is 12.0. The molecule has 0 fully saturated rings. The van der Waals surface area contributed by atoms with Gasteiger partial charge in [0, 0.05) is 11.9 Å². The molecule has 0 saturated heterocycles. The molecule has 1 aromatic heterocycles. The van der Waals surface area contributed by atoms with Gasteiger partial charge in [-0.2, -0.15) is 0 Å². The molecule has 7 heteroatoms. The zero-order chi connectivity index (χ0) is 18.7. The smallest absolute Gasteiger partial charge is 0.414 e. The van der Waals surface area contributed by atoms with Gasteiger partial charge in [-0.25, -0.2) is 9.59 Å². The van der Waals surface area contributed by atoms with E-state index in [1.807, 2.05) is 12.1 Å². The molecule has 0 atom stereocenters. The van der Waals surface area contributed by atoms with E-state index in [9.17, 15) is 0 Å². The molecule has 0 spiro atoms. The fourth-order valence-corrected chi connectivity index (χ4v) is 2.20. The quantitative estimate of drug-likeness (QED) is 0.556. The third-order valence-corrected chi connectivity index (χ3v) is 3.68. The van der Waals surface area contributed by atoms with Crippen molar-refractivity contribution in [1.82, 2.24) is 4.90 Å². The molecule has 7 nitrogen and oxygen atoms in total. The molecular formula is C18H25NO6. The van der Waals surface area contributed by atoms with Crippen LogP contribution >= 0.6 is 0 Å². The molecule has 2 N–H and O–H groups in total. The van der Waals surface area contributed by atoms with E-state index >= 15 is 0 Å². The SMILES string of the molecule is CCN(CC)CCOCCc1ccc2occc2c1.O=C(O)C(=O)O. The van der Waals surface area contributed by atoms with Gasteiger partial charge in [-0.1, -0.05) is 19.9 Å². The molecule has 0 aliphatic carbocycles. The van der Waals surface area contributed by atoms with Crippen LogP contribution in [0, 0.1) is 0 Å². The molecule has 0 amide bonds. The number of ether oxygens (including phenoxy) is 1. The summed E-state index contributed by atoms with van der Waals surface area (Å²) in [5.41, 5.74) is 2.25. The molecule has 138 valence electrons. The minimum atomic E-state index is -1.82. The van der Waals surface area contributed by atoms with Gasteiger partial charge in [0.25, 0.3) is 0 Å². The van der Waals surface area contributed by atoms with E-state index in [-0.39, 0.29) is 0 Å². The standard InChI is InChI=1S/C16H23NO2.C2H2O4/c1-3-17(4-2)9-12-18-10-7-14-5-6-16-15(13-14)8-11-19-16;3-1(4)2(5)6/h5-6,8,11,13H,3-4,7,9-10,12H2,1-2H3;(H,3,4)(H,5,6). The molecule has 0 aliphatic rings. The number of furan rings is 1. The lowest BCUT2D eigenvalue weighted by molar-refractivity contribution is -0.159. The van der Waals surface area contributed by atoms with Crippen LogP contribution in [-0.2, 0) is 20.7 Å². The van der Waals surface area contributed by atoms with Gasteiger partial charge in [0.2, 0.25) is 0 Å². The van der Waals surface area contributed by atoms with Crippen molar-refractivity contribution in [2.75, 3.05) is 32.8 Å². The summed E-state index contributed by atoms with van der Waals surface area (Å²) in [6.45, 7) is 9.18. The highest BCUT2D eigenvalue weighted by Crippen LogP contribution is 2.17. The highest BCUT2D eigenvalue weighted by molar-refractivity contribution is 6.27. The normalized spacial score (nSPS) is 10.5. The van der Waals surface area contributed by atoms with Crippen LogP contribution in [0.15, 0.2) is 34.9 Å². The number of nitrogens with zero attached hydrogens (tertiary/aromatic N) is 1. The Kier molecular flexibility index (Phi) is 9.28. The molecule has 2 rings (SSSR count). The number of hydrogen-bond donors (Lipinski definition) is 2. The van der Waals surface area contributed by atoms with Crippen LogP contribution in [0.25, 0.3) is 11.0 Å². The van der Waals surface area contributed by atoms with Crippen LogP contribution < -0.4 is 0 Å². The van der Waals surface area contributed by atoms with E-state index in [1.54, 1.807) is 6.26 Å². The van der Waals surface area contributed by atoms with E-state index in [0.29, 0.717) is 0 Å². The van der Waals surface area contributed by atoms with Gasteiger partial charge in [-0.05, 0) is 43.3 Å². The second-order valence-corrected chi connectivity index (χ2v) is 5.29. The fraction of sp³-hybridized carbons (Fsp3) is 0.444. The second-order valence-electron chi connectivity index (χ2n) is 5.29. The number of carbonyl (C=O) groups is 2. The maximum absolute atomic E-state index is 9.10. The summed E-state index contributed by atoms with van der Waals surface area (Å²) in [5.74, 6) is -3.65. The van der Waals surface area contributed by atoms with Crippen LogP contribution in [0.2, 0.25) is 0 Å². The number of benzene rings is 1. The summed E-state index contributed by atoms with van der Waals surface area (Å²) >= 11 is 0. The lowest BCUT2D eigenvalue weighted by Gasteiger charge is -2.17. The topological polar surface area (TPSA) is 100 Å². The van der Waals surface area contributed by atoms with E-state index in [2.05, 4.69) is 30.9 Å². The van der Waals surface area contributed by atoms with Crippen molar-refractivity contribution in [2.24, 2.45) is 0 Å². The number of carboxylic acids is 2.